The molecular weight excluding hydrogens is 468 g/mol. The van der Waals surface area contributed by atoms with Crippen LogP contribution in [0, 0.1) is 5.82 Å². The topological polar surface area (TPSA) is 76.5 Å². The third kappa shape index (κ3) is 5.97. The Labute approximate surface area is 198 Å². The van der Waals surface area contributed by atoms with E-state index in [2.05, 4.69) is 10.3 Å². The molecule has 0 radical (unpaired) electrons. The number of alkyl halides is 3. The van der Waals surface area contributed by atoms with Crippen molar-refractivity contribution < 1.29 is 31.9 Å². The second-order valence-electron chi connectivity index (χ2n) is 8.03. The van der Waals surface area contributed by atoms with Crippen molar-refractivity contribution in [1.29, 1.82) is 0 Å². The summed E-state index contributed by atoms with van der Waals surface area (Å²) in [4.78, 5) is 30.5. The van der Waals surface area contributed by atoms with Crippen molar-refractivity contribution in [2.24, 2.45) is 0 Å². The van der Waals surface area contributed by atoms with Gasteiger partial charge in [0.2, 0.25) is 5.91 Å². The number of hydrogen-bond donors (Lipinski definition) is 1. The standard InChI is InChI=1S/C24H22F4N4O3/c25-19-12-16(24(26,27)28)6-7-21(19)35-18-8-10-31(11-9-18)22(33)13-29-23(34)20-14-32(15-30-20)17-4-2-1-3-5-17/h1-7,12,14-15,18H,8-11,13H2,(H,29,34). The second-order valence-corrected chi connectivity index (χ2v) is 8.03. The summed E-state index contributed by atoms with van der Waals surface area (Å²) in [6, 6.07) is 11.5. The first-order valence-electron chi connectivity index (χ1n) is 10.9. The molecular formula is C24H22F4N4O3. The third-order valence-electron chi connectivity index (χ3n) is 5.62. The van der Waals surface area contributed by atoms with E-state index in [-0.39, 0.29) is 23.9 Å². The summed E-state index contributed by atoms with van der Waals surface area (Å²) in [5, 5.41) is 2.56. The van der Waals surface area contributed by atoms with Gasteiger partial charge in [-0.15, -0.1) is 0 Å². The van der Waals surface area contributed by atoms with Gasteiger partial charge in [0.1, 0.15) is 18.1 Å². The summed E-state index contributed by atoms with van der Waals surface area (Å²) in [5.74, 6) is -2.12. The number of para-hydroxylation sites is 1. The van der Waals surface area contributed by atoms with Crippen LogP contribution in [-0.2, 0) is 11.0 Å². The highest BCUT2D eigenvalue weighted by Crippen LogP contribution is 2.32. The van der Waals surface area contributed by atoms with Crippen molar-refractivity contribution in [3.05, 3.63) is 78.1 Å². The first-order chi connectivity index (χ1) is 16.7. The van der Waals surface area contributed by atoms with E-state index in [4.69, 9.17) is 4.74 Å². The Morgan fingerprint density at radius 2 is 1.80 bits per heavy atom. The van der Waals surface area contributed by atoms with Gasteiger partial charge in [0.25, 0.3) is 5.91 Å². The Bertz CT molecular complexity index is 1190. The molecule has 11 heteroatoms. The van der Waals surface area contributed by atoms with Crippen LogP contribution in [0.5, 0.6) is 5.75 Å². The fraction of sp³-hybridized carbons (Fsp3) is 0.292. The minimum atomic E-state index is -4.64. The lowest BCUT2D eigenvalue weighted by Crippen LogP contribution is -2.46. The second kappa shape index (κ2) is 10.2. The van der Waals surface area contributed by atoms with Crippen LogP contribution in [0.1, 0.15) is 28.9 Å². The third-order valence-corrected chi connectivity index (χ3v) is 5.62. The number of carbonyl (C=O) groups is 2. The number of halogens is 4. The van der Waals surface area contributed by atoms with Crippen LogP contribution in [0.15, 0.2) is 61.1 Å². The smallest absolute Gasteiger partial charge is 0.416 e. The molecule has 7 nitrogen and oxygen atoms in total. The summed E-state index contributed by atoms with van der Waals surface area (Å²) in [6.07, 6.45) is -1.25. The molecule has 0 saturated carbocycles. The Morgan fingerprint density at radius 3 is 2.46 bits per heavy atom. The molecule has 0 aliphatic carbocycles. The van der Waals surface area contributed by atoms with E-state index >= 15 is 0 Å². The molecule has 1 fully saturated rings. The van der Waals surface area contributed by atoms with E-state index in [0.29, 0.717) is 32.0 Å². The lowest BCUT2D eigenvalue weighted by Gasteiger charge is -2.32. The van der Waals surface area contributed by atoms with E-state index in [1.54, 1.807) is 15.7 Å². The van der Waals surface area contributed by atoms with Crippen LogP contribution >= 0.6 is 0 Å². The zero-order valence-corrected chi connectivity index (χ0v) is 18.5. The van der Waals surface area contributed by atoms with Crippen molar-refractivity contribution in [2.45, 2.75) is 25.1 Å². The van der Waals surface area contributed by atoms with E-state index in [1.807, 2.05) is 30.3 Å². The van der Waals surface area contributed by atoms with Gasteiger partial charge in [-0.2, -0.15) is 13.2 Å². The lowest BCUT2D eigenvalue weighted by atomic mass is 10.1. The molecule has 2 aromatic carbocycles. The number of hydrogen-bond acceptors (Lipinski definition) is 4. The molecule has 4 rings (SSSR count). The molecule has 35 heavy (non-hydrogen) atoms. The van der Waals surface area contributed by atoms with Crippen LogP contribution in [0.2, 0.25) is 0 Å². The highest BCUT2D eigenvalue weighted by Gasteiger charge is 2.32. The van der Waals surface area contributed by atoms with Gasteiger partial charge in [-0.05, 0) is 30.3 Å². The van der Waals surface area contributed by atoms with E-state index in [1.165, 1.54) is 6.33 Å². The van der Waals surface area contributed by atoms with E-state index in [0.717, 1.165) is 17.8 Å². The highest BCUT2D eigenvalue weighted by molar-refractivity contribution is 5.94. The van der Waals surface area contributed by atoms with Crippen molar-refractivity contribution >= 4 is 11.8 Å². The molecule has 0 atom stereocenters. The number of rotatable bonds is 6. The monoisotopic (exact) mass is 490 g/mol. The van der Waals surface area contributed by atoms with Gasteiger partial charge in [-0.1, -0.05) is 18.2 Å². The Hall–Kier alpha value is -3.89. The molecule has 2 heterocycles. The summed E-state index contributed by atoms with van der Waals surface area (Å²) < 4.78 is 59.3. The predicted molar refractivity (Wildman–Crippen MR) is 118 cm³/mol. The molecule has 1 aliphatic rings. The van der Waals surface area contributed by atoms with Crippen LogP contribution in [0.25, 0.3) is 5.69 Å². The summed E-state index contributed by atoms with van der Waals surface area (Å²) in [6.45, 7) is 0.407. The van der Waals surface area contributed by atoms with Crippen LogP contribution in [0.3, 0.4) is 0 Å². The minimum Gasteiger partial charge on any atom is -0.487 e. The van der Waals surface area contributed by atoms with Gasteiger partial charge in [0.05, 0.1) is 12.1 Å². The Balaban J connectivity index is 1.24. The minimum absolute atomic E-state index is 0.173. The van der Waals surface area contributed by atoms with E-state index in [9.17, 15) is 27.2 Å². The average molecular weight is 490 g/mol. The molecule has 3 aromatic rings. The van der Waals surface area contributed by atoms with Gasteiger partial charge < -0.3 is 19.5 Å². The average Bonchev–Trinajstić information content (AvgIpc) is 3.34. The van der Waals surface area contributed by atoms with Crippen LogP contribution < -0.4 is 10.1 Å². The Morgan fingerprint density at radius 1 is 1.09 bits per heavy atom. The number of amides is 2. The number of aromatic nitrogens is 2. The number of ether oxygens (including phenoxy) is 1. The molecule has 1 saturated heterocycles. The molecule has 0 bridgehead atoms. The number of nitrogens with zero attached hydrogens (tertiary/aromatic N) is 3. The number of likely N-dealkylation sites (tertiary alicyclic amines) is 1. The summed E-state index contributed by atoms with van der Waals surface area (Å²) in [5.41, 5.74) is -0.0691. The van der Waals surface area contributed by atoms with Crippen LogP contribution in [0.4, 0.5) is 17.6 Å². The number of benzene rings is 2. The quantitative estimate of drug-likeness (QED) is 0.533. The molecule has 0 unspecified atom stereocenters. The first kappa shape index (κ1) is 24.2. The zero-order chi connectivity index (χ0) is 25.0. The number of imidazole rings is 1. The molecule has 1 aromatic heterocycles. The van der Waals surface area contributed by atoms with Gasteiger partial charge in [0, 0.05) is 37.8 Å². The first-order valence-corrected chi connectivity index (χ1v) is 10.9. The normalized spacial score (nSPS) is 14.6. The van der Waals surface area contributed by atoms with E-state index < -0.39 is 29.6 Å². The maximum absolute atomic E-state index is 14.0. The van der Waals surface area contributed by atoms with Crippen molar-refractivity contribution in [1.82, 2.24) is 19.8 Å². The van der Waals surface area contributed by atoms with Crippen LogP contribution in [-0.4, -0.2) is 52.0 Å². The molecule has 2 amide bonds. The zero-order valence-electron chi connectivity index (χ0n) is 18.5. The van der Waals surface area contributed by atoms with Crippen molar-refractivity contribution in [3.63, 3.8) is 0 Å². The number of carbonyl (C=O) groups excluding carboxylic acids is 2. The Kier molecular flexibility index (Phi) is 7.04. The maximum Gasteiger partial charge on any atom is 0.416 e. The van der Waals surface area contributed by atoms with Gasteiger partial charge in [-0.25, -0.2) is 9.37 Å². The lowest BCUT2D eigenvalue weighted by molar-refractivity contribution is -0.137. The van der Waals surface area contributed by atoms with Crippen molar-refractivity contribution in [3.8, 4) is 11.4 Å². The highest BCUT2D eigenvalue weighted by atomic mass is 19.4. The SMILES string of the molecule is O=C(NCC(=O)N1CCC(Oc2ccc(C(F)(F)F)cc2F)CC1)c1cn(-c2ccccc2)cn1. The largest absolute Gasteiger partial charge is 0.487 e. The molecule has 184 valence electrons. The number of piperidine rings is 1. The number of nitrogens with one attached hydrogen (secondary N) is 1. The predicted octanol–water partition coefficient (Wildman–Crippen LogP) is 3.83. The summed E-state index contributed by atoms with van der Waals surface area (Å²) >= 11 is 0. The molecule has 1 N–H and O–H groups in total. The summed E-state index contributed by atoms with van der Waals surface area (Å²) in [7, 11) is 0. The maximum atomic E-state index is 14.0. The molecule has 1 aliphatic heterocycles. The fourth-order valence-corrected chi connectivity index (χ4v) is 3.72. The van der Waals surface area contributed by atoms with Gasteiger partial charge in [-0.3, -0.25) is 9.59 Å². The fourth-order valence-electron chi connectivity index (χ4n) is 3.72. The van der Waals surface area contributed by atoms with Gasteiger partial charge >= 0.3 is 6.18 Å². The molecule has 0 spiro atoms. The van der Waals surface area contributed by atoms with Gasteiger partial charge in [0.15, 0.2) is 11.6 Å². The van der Waals surface area contributed by atoms with Crippen molar-refractivity contribution in [2.75, 3.05) is 19.6 Å².